The van der Waals surface area contributed by atoms with Gasteiger partial charge in [0.15, 0.2) is 0 Å². The molecule has 0 bridgehead atoms. The van der Waals surface area contributed by atoms with E-state index < -0.39 is 0 Å². The highest BCUT2D eigenvalue weighted by atomic mass is 79.9. The first-order valence-corrected chi connectivity index (χ1v) is 6.44. The topological polar surface area (TPSA) is 0 Å². The van der Waals surface area contributed by atoms with Crippen molar-refractivity contribution in [2.45, 2.75) is 38.0 Å². The molecule has 1 rings (SSSR count). The summed E-state index contributed by atoms with van der Waals surface area (Å²) in [5, 5.41) is 0.272. The van der Waals surface area contributed by atoms with Crippen LogP contribution in [0.1, 0.15) is 31.7 Å². The van der Waals surface area contributed by atoms with E-state index in [1.165, 1.54) is 6.07 Å². The minimum absolute atomic E-state index is 0.206. The molecule has 1 aromatic carbocycles. The number of halogens is 3. The van der Waals surface area contributed by atoms with Gasteiger partial charge in [0.05, 0.1) is 4.47 Å². The van der Waals surface area contributed by atoms with Gasteiger partial charge in [-0.15, -0.1) is 11.6 Å². The van der Waals surface area contributed by atoms with E-state index in [1.54, 1.807) is 0 Å². The van der Waals surface area contributed by atoms with Gasteiger partial charge in [0.1, 0.15) is 5.82 Å². The number of alkyl halides is 1. The Labute approximate surface area is 104 Å². The normalized spacial score (nSPS) is 12.8. The third kappa shape index (κ3) is 4.52. The lowest BCUT2D eigenvalue weighted by atomic mass is 10.1. The molecule has 84 valence electrons. The fourth-order valence-electron chi connectivity index (χ4n) is 1.43. The molecule has 0 saturated carbocycles. The summed E-state index contributed by atoms with van der Waals surface area (Å²) < 4.78 is 13.5. The maximum absolute atomic E-state index is 12.9. The molecule has 1 atom stereocenters. The highest BCUT2D eigenvalue weighted by molar-refractivity contribution is 9.10. The molecule has 0 N–H and O–H groups in total. The number of rotatable bonds is 5. The first-order chi connectivity index (χ1) is 7.13. The summed E-state index contributed by atoms with van der Waals surface area (Å²) in [6.07, 6.45) is 4.05. The predicted octanol–water partition coefficient (Wildman–Crippen LogP) is 4.93. The Morgan fingerprint density at radius 1 is 1.47 bits per heavy atom. The summed E-state index contributed by atoms with van der Waals surface area (Å²) in [5.74, 6) is -0.206. The second-order valence-electron chi connectivity index (χ2n) is 3.65. The van der Waals surface area contributed by atoms with Crippen LogP contribution in [-0.4, -0.2) is 5.38 Å². The molecule has 0 aliphatic heterocycles. The van der Waals surface area contributed by atoms with Crippen LogP contribution in [0.2, 0.25) is 0 Å². The summed E-state index contributed by atoms with van der Waals surface area (Å²) in [4.78, 5) is 0. The monoisotopic (exact) mass is 292 g/mol. The van der Waals surface area contributed by atoms with E-state index in [0.717, 1.165) is 31.2 Å². The fourth-order valence-corrected chi connectivity index (χ4v) is 2.01. The van der Waals surface area contributed by atoms with Gasteiger partial charge in [0.25, 0.3) is 0 Å². The van der Waals surface area contributed by atoms with E-state index in [2.05, 4.69) is 22.9 Å². The zero-order valence-electron chi connectivity index (χ0n) is 8.77. The highest BCUT2D eigenvalue weighted by Crippen LogP contribution is 2.19. The predicted molar refractivity (Wildman–Crippen MR) is 67.0 cm³/mol. The zero-order valence-corrected chi connectivity index (χ0v) is 11.1. The van der Waals surface area contributed by atoms with Gasteiger partial charge in [-0.2, -0.15) is 0 Å². The van der Waals surface area contributed by atoms with E-state index in [-0.39, 0.29) is 11.2 Å². The summed E-state index contributed by atoms with van der Waals surface area (Å²) >= 11 is 9.20. The van der Waals surface area contributed by atoms with E-state index in [0.29, 0.717) is 4.47 Å². The maximum Gasteiger partial charge on any atom is 0.137 e. The molecule has 0 nitrogen and oxygen atoms in total. The van der Waals surface area contributed by atoms with Crippen molar-refractivity contribution in [3.05, 3.63) is 34.1 Å². The Balaban J connectivity index is 2.41. The average Bonchev–Trinajstić information content (AvgIpc) is 2.23. The van der Waals surface area contributed by atoms with Crippen LogP contribution in [-0.2, 0) is 6.42 Å². The third-order valence-electron chi connectivity index (χ3n) is 2.41. The second-order valence-corrected chi connectivity index (χ2v) is 5.12. The van der Waals surface area contributed by atoms with Gasteiger partial charge in [-0.25, -0.2) is 4.39 Å². The molecule has 15 heavy (non-hydrogen) atoms. The number of hydrogen-bond donors (Lipinski definition) is 0. The quantitative estimate of drug-likeness (QED) is 0.675. The van der Waals surface area contributed by atoms with Crippen molar-refractivity contribution in [1.82, 2.24) is 0 Å². The average molecular weight is 294 g/mol. The van der Waals surface area contributed by atoms with Gasteiger partial charge in [-0.1, -0.05) is 13.0 Å². The van der Waals surface area contributed by atoms with Crippen LogP contribution in [0.3, 0.4) is 0 Å². The number of benzene rings is 1. The first kappa shape index (κ1) is 13.0. The Kier molecular flexibility index (Phi) is 5.62. The molecule has 0 amide bonds. The summed E-state index contributed by atoms with van der Waals surface area (Å²) in [6.45, 7) is 2.09. The Bertz CT molecular complexity index is 314. The molecule has 0 heterocycles. The lowest BCUT2D eigenvalue weighted by molar-refractivity contribution is 0.618. The van der Waals surface area contributed by atoms with Gasteiger partial charge >= 0.3 is 0 Å². The van der Waals surface area contributed by atoms with Gasteiger partial charge < -0.3 is 0 Å². The molecule has 3 heteroatoms. The lowest BCUT2D eigenvalue weighted by Gasteiger charge is -2.06. The third-order valence-corrected chi connectivity index (χ3v) is 3.54. The van der Waals surface area contributed by atoms with E-state index in [1.807, 2.05) is 12.1 Å². The molecular formula is C12H15BrClF. The highest BCUT2D eigenvalue weighted by Gasteiger charge is 2.03. The fraction of sp³-hybridized carbons (Fsp3) is 0.500. The van der Waals surface area contributed by atoms with Crippen LogP contribution in [0.5, 0.6) is 0 Å². The van der Waals surface area contributed by atoms with Crippen LogP contribution < -0.4 is 0 Å². The number of aryl methyl sites for hydroxylation is 1. The molecule has 0 aromatic heterocycles. The number of hydrogen-bond acceptors (Lipinski definition) is 0. The molecule has 1 aromatic rings. The SMILES string of the molecule is CCC(Cl)CCCc1ccc(F)c(Br)c1. The van der Waals surface area contributed by atoms with Crippen LogP contribution in [0, 0.1) is 5.82 Å². The van der Waals surface area contributed by atoms with Gasteiger partial charge in [-0.05, 0) is 59.3 Å². The van der Waals surface area contributed by atoms with Gasteiger partial charge in [0.2, 0.25) is 0 Å². The van der Waals surface area contributed by atoms with Crippen LogP contribution in [0.4, 0.5) is 4.39 Å². The van der Waals surface area contributed by atoms with E-state index >= 15 is 0 Å². The smallest absolute Gasteiger partial charge is 0.137 e. The van der Waals surface area contributed by atoms with Crippen molar-refractivity contribution in [1.29, 1.82) is 0 Å². The molecule has 0 fully saturated rings. The summed E-state index contributed by atoms with van der Waals surface area (Å²) in [6, 6.07) is 5.16. The Morgan fingerprint density at radius 3 is 2.80 bits per heavy atom. The molecule has 0 radical (unpaired) electrons. The van der Waals surface area contributed by atoms with Crippen molar-refractivity contribution in [2.24, 2.45) is 0 Å². The van der Waals surface area contributed by atoms with Crippen molar-refractivity contribution >= 4 is 27.5 Å². The summed E-state index contributed by atoms with van der Waals surface area (Å²) in [7, 11) is 0. The van der Waals surface area contributed by atoms with Crippen LogP contribution >= 0.6 is 27.5 Å². The van der Waals surface area contributed by atoms with Crippen LogP contribution in [0.15, 0.2) is 22.7 Å². The molecule has 0 aliphatic rings. The Morgan fingerprint density at radius 2 is 2.20 bits per heavy atom. The standard InChI is InChI=1S/C12H15BrClF/c1-2-10(14)5-3-4-9-6-7-12(15)11(13)8-9/h6-8,10H,2-5H2,1H3. The van der Waals surface area contributed by atoms with Crippen molar-refractivity contribution < 1.29 is 4.39 Å². The van der Waals surface area contributed by atoms with E-state index in [4.69, 9.17) is 11.6 Å². The minimum Gasteiger partial charge on any atom is -0.206 e. The second kappa shape index (κ2) is 6.49. The van der Waals surface area contributed by atoms with Crippen molar-refractivity contribution in [3.8, 4) is 0 Å². The van der Waals surface area contributed by atoms with Crippen molar-refractivity contribution in [2.75, 3.05) is 0 Å². The largest absolute Gasteiger partial charge is 0.206 e. The maximum atomic E-state index is 12.9. The summed E-state index contributed by atoms with van der Waals surface area (Å²) in [5.41, 5.74) is 1.16. The molecule has 0 spiro atoms. The molecule has 1 unspecified atom stereocenters. The molecular weight excluding hydrogens is 278 g/mol. The molecule has 0 saturated heterocycles. The molecule has 0 aliphatic carbocycles. The lowest BCUT2D eigenvalue weighted by Crippen LogP contribution is -1.97. The van der Waals surface area contributed by atoms with Gasteiger partial charge in [0, 0.05) is 5.38 Å². The Hall–Kier alpha value is -0.0800. The van der Waals surface area contributed by atoms with E-state index in [9.17, 15) is 4.39 Å². The van der Waals surface area contributed by atoms with Crippen molar-refractivity contribution in [3.63, 3.8) is 0 Å². The first-order valence-electron chi connectivity index (χ1n) is 5.21. The van der Waals surface area contributed by atoms with Crippen LogP contribution in [0.25, 0.3) is 0 Å². The van der Waals surface area contributed by atoms with Gasteiger partial charge in [-0.3, -0.25) is 0 Å². The zero-order chi connectivity index (χ0) is 11.3. The minimum atomic E-state index is -0.206.